The number of ketones is 1. The fourth-order valence-corrected chi connectivity index (χ4v) is 4.13. The third-order valence-electron chi connectivity index (χ3n) is 5.80. The van der Waals surface area contributed by atoms with Crippen LogP contribution in [-0.4, -0.2) is 40.7 Å². The minimum absolute atomic E-state index is 0.00649. The van der Waals surface area contributed by atoms with Gasteiger partial charge in [-0.15, -0.1) is 0 Å². The summed E-state index contributed by atoms with van der Waals surface area (Å²) in [4.78, 5) is 15.3. The molecule has 1 atom stereocenters. The average Bonchev–Trinajstić information content (AvgIpc) is 3.30. The highest BCUT2D eigenvalue weighted by atomic mass is 19.1. The van der Waals surface area contributed by atoms with E-state index in [1.807, 2.05) is 16.9 Å². The molecule has 0 aliphatic carbocycles. The van der Waals surface area contributed by atoms with Crippen LogP contribution in [-0.2, 0) is 6.54 Å². The number of aryl methyl sites for hydroxylation is 1. The summed E-state index contributed by atoms with van der Waals surface area (Å²) in [5.74, 6) is -0.447. The van der Waals surface area contributed by atoms with Crippen molar-refractivity contribution in [1.29, 1.82) is 0 Å². The Bertz CT molecular complexity index is 1030. The van der Waals surface area contributed by atoms with E-state index < -0.39 is 5.82 Å². The van der Waals surface area contributed by atoms with Gasteiger partial charge in [-0.05, 0) is 73.8 Å². The molecule has 0 amide bonds. The normalized spacial score (nSPS) is 17.1. The van der Waals surface area contributed by atoms with E-state index in [0.29, 0.717) is 12.1 Å². The Morgan fingerprint density at radius 3 is 2.83 bits per heavy atom. The lowest BCUT2D eigenvalue weighted by atomic mass is 9.89. The van der Waals surface area contributed by atoms with Crippen molar-refractivity contribution in [2.24, 2.45) is 5.92 Å². The van der Waals surface area contributed by atoms with Gasteiger partial charge in [-0.3, -0.25) is 9.69 Å². The Kier molecular flexibility index (Phi) is 5.95. The van der Waals surface area contributed by atoms with Crippen LogP contribution in [0.1, 0.15) is 34.3 Å². The largest absolute Gasteiger partial charge is 0.494 e. The predicted octanol–water partition coefficient (Wildman–Crippen LogP) is 4.42. The van der Waals surface area contributed by atoms with Crippen LogP contribution < -0.4 is 4.74 Å². The fourth-order valence-electron chi connectivity index (χ4n) is 4.13. The van der Waals surface area contributed by atoms with Crippen LogP contribution in [0.5, 0.6) is 5.75 Å². The van der Waals surface area contributed by atoms with Gasteiger partial charge >= 0.3 is 0 Å². The molecule has 2 aromatic carbocycles. The van der Waals surface area contributed by atoms with Crippen molar-refractivity contribution in [2.75, 3.05) is 20.2 Å². The quantitative estimate of drug-likeness (QED) is 0.568. The molecular weight excluding hydrogens is 381 g/mol. The molecule has 1 aromatic heterocycles. The van der Waals surface area contributed by atoms with Gasteiger partial charge < -0.3 is 4.74 Å². The lowest BCUT2D eigenvalue weighted by molar-refractivity contribution is 0.0811. The van der Waals surface area contributed by atoms with Crippen molar-refractivity contribution in [2.45, 2.75) is 26.3 Å². The Hall–Kier alpha value is -2.99. The van der Waals surface area contributed by atoms with Gasteiger partial charge in [0.05, 0.1) is 12.8 Å². The highest BCUT2D eigenvalue weighted by Crippen LogP contribution is 2.26. The number of methoxy groups -OCH3 is 1. The first-order valence-corrected chi connectivity index (χ1v) is 10.2. The summed E-state index contributed by atoms with van der Waals surface area (Å²) < 4.78 is 20.8. The number of hydrogen-bond donors (Lipinski definition) is 0. The van der Waals surface area contributed by atoms with Crippen LogP contribution in [0.15, 0.2) is 54.9 Å². The number of halogens is 1. The highest BCUT2D eigenvalue weighted by molar-refractivity contribution is 5.98. The molecule has 30 heavy (non-hydrogen) atoms. The molecule has 5 nitrogen and oxygen atoms in total. The van der Waals surface area contributed by atoms with Gasteiger partial charge in [0.2, 0.25) is 0 Å². The highest BCUT2D eigenvalue weighted by Gasteiger charge is 2.27. The lowest BCUT2D eigenvalue weighted by Crippen LogP contribution is -2.38. The van der Waals surface area contributed by atoms with Gasteiger partial charge in [-0.2, -0.15) is 5.10 Å². The Labute approximate surface area is 176 Å². The van der Waals surface area contributed by atoms with Crippen molar-refractivity contribution < 1.29 is 13.9 Å². The minimum Gasteiger partial charge on any atom is -0.494 e. The fraction of sp³-hybridized carbons (Fsp3) is 0.333. The van der Waals surface area contributed by atoms with E-state index in [9.17, 15) is 9.18 Å². The van der Waals surface area contributed by atoms with Crippen LogP contribution >= 0.6 is 0 Å². The standard InChI is InChI=1S/C24H26FN3O2/c1-17-13-21(28-12-4-10-26-28)8-6-19(17)15-27-11-3-5-20(16-27)24(29)18-7-9-23(30-2)22(25)14-18/h4,6-10,12-14,20H,3,5,11,15-16H2,1-2H3/t20-/m1/s1. The molecule has 0 radical (unpaired) electrons. The molecule has 0 spiro atoms. The predicted molar refractivity (Wildman–Crippen MR) is 114 cm³/mol. The van der Waals surface area contributed by atoms with Crippen LogP contribution in [0, 0.1) is 18.7 Å². The zero-order valence-electron chi connectivity index (χ0n) is 17.3. The lowest BCUT2D eigenvalue weighted by Gasteiger charge is -2.32. The number of rotatable bonds is 6. The van der Waals surface area contributed by atoms with E-state index >= 15 is 0 Å². The molecule has 0 saturated carbocycles. The Morgan fingerprint density at radius 1 is 1.27 bits per heavy atom. The average molecular weight is 407 g/mol. The van der Waals surface area contributed by atoms with Gasteiger partial charge in [0, 0.05) is 37.0 Å². The van der Waals surface area contributed by atoms with Crippen molar-refractivity contribution in [3.8, 4) is 11.4 Å². The van der Waals surface area contributed by atoms with E-state index in [4.69, 9.17) is 4.74 Å². The van der Waals surface area contributed by atoms with E-state index in [1.165, 1.54) is 30.4 Å². The molecule has 0 bridgehead atoms. The monoisotopic (exact) mass is 407 g/mol. The number of nitrogens with zero attached hydrogens (tertiary/aromatic N) is 3. The van der Waals surface area contributed by atoms with Crippen molar-refractivity contribution in [3.63, 3.8) is 0 Å². The summed E-state index contributed by atoms with van der Waals surface area (Å²) in [6, 6.07) is 12.7. The molecule has 0 unspecified atom stereocenters. The van der Waals surface area contributed by atoms with Crippen LogP contribution in [0.25, 0.3) is 5.69 Å². The summed E-state index contributed by atoms with van der Waals surface area (Å²) in [6.07, 6.45) is 5.49. The molecule has 0 N–H and O–H groups in total. The maximum Gasteiger partial charge on any atom is 0.167 e. The van der Waals surface area contributed by atoms with Crippen molar-refractivity contribution in [1.82, 2.24) is 14.7 Å². The summed E-state index contributed by atoms with van der Waals surface area (Å²) in [5.41, 5.74) is 3.90. The first-order valence-electron chi connectivity index (χ1n) is 10.2. The third kappa shape index (κ3) is 4.28. The SMILES string of the molecule is COc1ccc(C(=O)[C@@H]2CCCN(Cc3ccc(-n4cccn4)cc3C)C2)cc1F. The van der Waals surface area contributed by atoms with Crippen LogP contribution in [0.4, 0.5) is 4.39 Å². The molecule has 2 heterocycles. The zero-order valence-corrected chi connectivity index (χ0v) is 17.3. The number of carbonyl (C=O) groups excluding carboxylic acids is 1. The number of benzene rings is 2. The summed E-state index contributed by atoms with van der Waals surface area (Å²) in [7, 11) is 1.42. The first kappa shape index (κ1) is 20.3. The smallest absolute Gasteiger partial charge is 0.167 e. The van der Waals surface area contributed by atoms with Gasteiger partial charge in [0.25, 0.3) is 0 Å². The molecular formula is C24H26FN3O2. The number of Topliss-reactive ketones (excluding diaryl/α,β-unsaturated/α-hetero) is 1. The second-order valence-corrected chi connectivity index (χ2v) is 7.85. The second kappa shape index (κ2) is 8.79. The van der Waals surface area contributed by atoms with Crippen molar-refractivity contribution >= 4 is 5.78 Å². The Balaban J connectivity index is 1.44. The van der Waals surface area contributed by atoms with E-state index in [2.05, 4.69) is 35.1 Å². The Morgan fingerprint density at radius 2 is 2.13 bits per heavy atom. The number of carbonyl (C=O) groups is 1. The molecule has 3 aromatic rings. The van der Waals surface area contributed by atoms with Gasteiger partial charge in [-0.1, -0.05) is 6.07 Å². The van der Waals surface area contributed by atoms with Crippen LogP contribution in [0.3, 0.4) is 0 Å². The third-order valence-corrected chi connectivity index (χ3v) is 5.80. The minimum atomic E-state index is -0.496. The summed E-state index contributed by atoms with van der Waals surface area (Å²) >= 11 is 0. The number of hydrogen-bond acceptors (Lipinski definition) is 4. The van der Waals surface area contributed by atoms with Gasteiger partial charge in [-0.25, -0.2) is 9.07 Å². The van der Waals surface area contributed by atoms with E-state index in [-0.39, 0.29) is 17.5 Å². The molecule has 1 fully saturated rings. The van der Waals surface area contributed by atoms with E-state index in [0.717, 1.165) is 31.6 Å². The molecule has 1 aliphatic heterocycles. The second-order valence-electron chi connectivity index (χ2n) is 7.85. The number of piperidine rings is 1. The van der Waals surface area contributed by atoms with Gasteiger partial charge in [0.15, 0.2) is 17.3 Å². The molecule has 1 aliphatic rings. The number of aromatic nitrogens is 2. The summed E-state index contributed by atoms with van der Waals surface area (Å²) in [6.45, 7) is 4.55. The topological polar surface area (TPSA) is 47.4 Å². The molecule has 6 heteroatoms. The summed E-state index contributed by atoms with van der Waals surface area (Å²) in [5, 5.41) is 4.28. The molecule has 4 rings (SSSR count). The number of ether oxygens (including phenoxy) is 1. The first-order chi connectivity index (χ1) is 14.5. The van der Waals surface area contributed by atoms with Crippen LogP contribution in [0.2, 0.25) is 0 Å². The molecule has 156 valence electrons. The number of likely N-dealkylation sites (tertiary alicyclic amines) is 1. The van der Waals surface area contributed by atoms with Crippen molar-refractivity contribution in [3.05, 3.63) is 77.4 Å². The van der Waals surface area contributed by atoms with E-state index in [1.54, 1.807) is 12.3 Å². The zero-order chi connectivity index (χ0) is 21.1. The van der Waals surface area contributed by atoms with Gasteiger partial charge in [0.1, 0.15) is 0 Å². The molecule has 1 saturated heterocycles. The maximum atomic E-state index is 14.0. The maximum absolute atomic E-state index is 14.0.